The Kier molecular flexibility index (Phi) is 7.53. The van der Waals surface area contributed by atoms with Crippen LogP contribution in [0.1, 0.15) is 66.9 Å². The second-order valence-electron chi connectivity index (χ2n) is 13.2. The van der Waals surface area contributed by atoms with Gasteiger partial charge in [0.25, 0.3) is 11.8 Å². The maximum Gasteiger partial charge on any atom is 0.333 e. The quantitative estimate of drug-likeness (QED) is 0.182. The molecule has 0 bridgehead atoms. The molecule has 0 radical (unpaired) electrons. The molecule has 12 nitrogen and oxygen atoms in total. The van der Waals surface area contributed by atoms with Crippen LogP contribution in [0.2, 0.25) is 0 Å². The number of fused-ring (bicyclic) bond motifs is 2. The van der Waals surface area contributed by atoms with Gasteiger partial charge in [-0.15, -0.1) is 5.10 Å². The first-order valence-corrected chi connectivity index (χ1v) is 15.3. The van der Waals surface area contributed by atoms with Gasteiger partial charge < -0.3 is 25.6 Å². The number of hydrogen-bond acceptors (Lipinski definition) is 8. The van der Waals surface area contributed by atoms with E-state index in [0.717, 1.165) is 0 Å². The Morgan fingerprint density at radius 2 is 1.83 bits per heavy atom. The van der Waals surface area contributed by atoms with Crippen LogP contribution < -0.4 is 20.5 Å². The van der Waals surface area contributed by atoms with Gasteiger partial charge in [0.2, 0.25) is 11.8 Å². The van der Waals surface area contributed by atoms with Crippen LogP contribution in [0.5, 0.6) is 11.6 Å². The molecule has 2 saturated carbocycles. The molecule has 2 aliphatic carbocycles. The molecular weight excluding hydrogens is 631 g/mol. The zero-order valence-corrected chi connectivity index (χ0v) is 26.0. The van der Waals surface area contributed by atoms with Crippen LogP contribution in [0, 0.1) is 11.4 Å². The number of halogens is 3. The van der Waals surface area contributed by atoms with Crippen molar-refractivity contribution in [3.8, 4) is 22.8 Å². The molecule has 2 aliphatic rings. The molecule has 0 saturated heterocycles. The predicted molar refractivity (Wildman–Crippen MR) is 166 cm³/mol. The van der Waals surface area contributed by atoms with E-state index in [1.54, 1.807) is 44.3 Å². The number of pyridine rings is 2. The highest BCUT2D eigenvalue weighted by atomic mass is 19.3. The van der Waals surface area contributed by atoms with Crippen LogP contribution in [0.3, 0.4) is 0 Å². The summed E-state index contributed by atoms with van der Waals surface area (Å²) in [7, 11) is 0. The Balaban J connectivity index is 0.988. The molecule has 48 heavy (non-hydrogen) atoms. The molecule has 7 rings (SSSR count). The molecule has 1 aromatic carbocycles. The minimum absolute atomic E-state index is 0.0402. The smallest absolute Gasteiger partial charge is 0.333 e. The summed E-state index contributed by atoms with van der Waals surface area (Å²) in [6.45, 7) is 0.0968. The highest BCUT2D eigenvalue weighted by Crippen LogP contribution is 2.57. The fourth-order valence-corrected chi connectivity index (χ4v) is 6.66. The summed E-state index contributed by atoms with van der Waals surface area (Å²) in [5.41, 5.74) is 6.44. The lowest BCUT2D eigenvalue weighted by atomic mass is 9.53. The third-order valence-corrected chi connectivity index (χ3v) is 8.87. The monoisotopic (exact) mass is 663 g/mol. The van der Waals surface area contributed by atoms with Gasteiger partial charge in [0.05, 0.1) is 16.6 Å². The summed E-state index contributed by atoms with van der Waals surface area (Å²) in [5.74, 6) is -1.44. The van der Waals surface area contributed by atoms with Gasteiger partial charge in [0.15, 0.2) is 5.69 Å². The van der Waals surface area contributed by atoms with E-state index in [2.05, 4.69) is 20.5 Å². The molecule has 15 heteroatoms. The number of amides is 2. The third kappa shape index (κ3) is 5.89. The van der Waals surface area contributed by atoms with Crippen LogP contribution in [0.15, 0.2) is 54.9 Å². The molecule has 4 aromatic heterocycles. The minimum Gasteiger partial charge on any atom is -0.491 e. The van der Waals surface area contributed by atoms with Gasteiger partial charge in [-0.2, -0.15) is 18.3 Å². The molecule has 2 fully saturated rings. The lowest BCUT2D eigenvalue weighted by Crippen LogP contribution is -2.58. The molecule has 250 valence electrons. The highest BCUT2D eigenvalue weighted by Gasteiger charge is 2.54. The van der Waals surface area contributed by atoms with Crippen molar-refractivity contribution in [2.75, 3.05) is 6.61 Å². The van der Waals surface area contributed by atoms with E-state index in [4.69, 9.17) is 15.2 Å². The van der Waals surface area contributed by atoms with E-state index < -0.39 is 29.9 Å². The number of nitrogens with zero attached hydrogens (tertiary/aromatic N) is 5. The number of rotatable bonds is 10. The van der Waals surface area contributed by atoms with Crippen LogP contribution in [-0.2, 0) is 0 Å². The van der Waals surface area contributed by atoms with Crippen LogP contribution >= 0.6 is 0 Å². The summed E-state index contributed by atoms with van der Waals surface area (Å²) in [6, 6.07) is 10.6. The molecular formula is C33H32F3N7O5. The number of benzene rings is 1. The summed E-state index contributed by atoms with van der Waals surface area (Å²) in [6.07, 6.45) is 5.56. The second-order valence-corrected chi connectivity index (χ2v) is 13.2. The Hall–Kier alpha value is -5.18. The number of aromatic nitrogens is 5. The van der Waals surface area contributed by atoms with Crippen molar-refractivity contribution in [3.63, 3.8) is 0 Å². The van der Waals surface area contributed by atoms with Gasteiger partial charge in [-0.25, -0.2) is 14.2 Å². The first kappa shape index (κ1) is 31.4. The standard InChI is InChI=1S/C33H32F3N7O5/c1-32(2,46)16-47-20-5-6-22-24(9-20)43(31(35)36)40-27(22)29(45)39-19-10-33(11-19)12-21(13-33)48-30-26(28(37)44)23-7-3-18(15-42(23)41-30)17-4-8-25(34)38-14-17/h3-9,14-15,19,21,31,46H,10-13,16H2,1-2H3,(H2,37,44)(H,39,45)/t19-,21-,33?. The van der Waals surface area contributed by atoms with Crippen molar-refractivity contribution >= 4 is 28.2 Å². The van der Waals surface area contributed by atoms with Gasteiger partial charge in [0, 0.05) is 41.0 Å². The number of primary amides is 1. The predicted octanol–water partition coefficient (Wildman–Crippen LogP) is 4.65. The van der Waals surface area contributed by atoms with Gasteiger partial charge in [-0.05, 0) is 75.3 Å². The van der Waals surface area contributed by atoms with Crippen LogP contribution in [0.25, 0.3) is 27.5 Å². The van der Waals surface area contributed by atoms with E-state index in [1.165, 1.54) is 28.9 Å². The van der Waals surface area contributed by atoms with Crippen molar-refractivity contribution in [1.29, 1.82) is 0 Å². The number of hydrogen-bond donors (Lipinski definition) is 3. The summed E-state index contributed by atoms with van der Waals surface area (Å²) >= 11 is 0. The van der Waals surface area contributed by atoms with E-state index in [0.29, 0.717) is 47.0 Å². The Bertz CT molecular complexity index is 2040. The third-order valence-electron chi connectivity index (χ3n) is 8.87. The zero-order valence-electron chi connectivity index (χ0n) is 26.0. The average molecular weight is 664 g/mol. The lowest BCUT2D eigenvalue weighted by Gasteiger charge is -2.57. The first-order chi connectivity index (χ1) is 22.8. The molecule has 0 unspecified atom stereocenters. The number of nitrogens with two attached hydrogens (primary N) is 1. The summed E-state index contributed by atoms with van der Waals surface area (Å²) < 4.78 is 54.6. The molecule has 4 heterocycles. The number of carbonyl (C=O) groups is 2. The maximum absolute atomic E-state index is 13.8. The lowest BCUT2D eigenvalue weighted by molar-refractivity contribution is -0.0848. The van der Waals surface area contributed by atoms with Gasteiger partial charge >= 0.3 is 6.55 Å². The Morgan fingerprint density at radius 1 is 1.08 bits per heavy atom. The van der Waals surface area contributed by atoms with E-state index in [1.807, 2.05) is 0 Å². The fourth-order valence-electron chi connectivity index (χ4n) is 6.66. The van der Waals surface area contributed by atoms with Crippen LogP contribution in [0.4, 0.5) is 13.2 Å². The number of aliphatic hydroxyl groups is 1. The van der Waals surface area contributed by atoms with E-state index in [9.17, 15) is 27.9 Å². The van der Waals surface area contributed by atoms with Crippen LogP contribution in [-0.4, -0.2) is 65.7 Å². The van der Waals surface area contributed by atoms with Crippen molar-refractivity contribution < 1.29 is 37.3 Å². The van der Waals surface area contributed by atoms with Crippen molar-refractivity contribution in [3.05, 3.63) is 72.1 Å². The average Bonchev–Trinajstić information content (AvgIpc) is 3.56. The van der Waals surface area contributed by atoms with E-state index in [-0.39, 0.29) is 58.0 Å². The summed E-state index contributed by atoms with van der Waals surface area (Å²) in [4.78, 5) is 29.2. The molecule has 4 N–H and O–H groups in total. The largest absolute Gasteiger partial charge is 0.491 e. The topological polar surface area (TPSA) is 159 Å². The highest BCUT2D eigenvalue weighted by molar-refractivity contribution is 6.05. The normalized spacial score (nSPS) is 20.6. The number of alkyl halides is 2. The van der Waals surface area contributed by atoms with Crippen molar-refractivity contribution in [1.82, 2.24) is 29.7 Å². The van der Waals surface area contributed by atoms with Crippen molar-refractivity contribution in [2.45, 2.75) is 63.8 Å². The van der Waals surface area contributed by atoms with Crippen molar-refractivity contribution in [2.24, 2.45) is 11.1 Å². The molecule has 0 aliphatic heterocycles. The number of carbonyl (C=O) groups excluding carboxylic acids is 2. The second kappa shape index (κ2) is 11.5. The number of nitrogens with one attached hydrogen (secondary N) is 1. The Labute approximate surface area is 271 Å². The van der Waals surface area contributed by atoms with Gasteiger partial charge in [-0.3, -0.25) is 9.59 Å². The molecule has 2 amide bonds. The Morgan fingerprint density at radius 3 is 2.50 bits per heavy atom. The first-order valence-electron chi connectivity index (χ1n) is 15.3. The van der Waals surface area contributed by atoms with Gasteiger partial charge in [-0.1, -0.05) is 6.07 Å². The maximum atomic E-state index is 13.8. The molecule has 1 spiro atoms. The number of ether oxygens (including phenoxy) is 2. The zero-order chi connectivity index (χ0) is 34.0. The molecule has 5 aromatic rings. The summed E-state index contributed by atoms with van der Waals surface area (Å²) in [5, 5.41) is 21.5. The fraction of sp³-hybridized carbons (Fsp3) is 0.364. The SMILES string of the molecule is CC(C)(O)COc1ccc2c(C(=O)N[C@H]3CC4(C3)C[C@H](Oc3nn5cc(-c6ccc(F)nc6)ccc5c3C(N)=O)C4)nn(C(F)F)c2c1. The van der Waals surface area contributed by atoms with E-state index >= 15 is 0 Å². The minimum atomic E-state index is -2.98. The van der Waals surface area contributed by atoms with Gasteiger partial charge in [0.1, 0.15) is 24.0 Å². The molecule has 0 atom stereocenters.